The number of amides is 1. The second-order valence-corrected chi connectivity index (χ2v) is 6.75. The maximum atomic E-state index is 12.0. The number of para-hydroxylation sites is 1. The molecule has 0 fully saturated rings. The van der Waals surface area contributed by atoms with Gasteiger partial charge in [-0.25, -0.2) is 4.98 Å². The van der Waals surface area contributed by atoms with Gasteiger partial charge in [0.2, 0.25) is 5.91 Å². The summed E-state index contributed by atoms with van der Waals surface area (Å²) in [5.41, 5.74) is 0.483. The molecule has 1 unspecified atom stereocenters. The van der Waals surface area contributed by atoms with Crippen molar-refractivity contribution in [2.45, 2.75) is 32.1 Å². The number of aliphatic hydroxyl groups is 1. The lowest BCUT2D eigenvalue weighted by Gasteiger charge is -2.21. The van der Waals surface area contributed by atoms with Crippen LogP contribution in [0.5, 0.6) is 0 Å². The van der Waals surface area contributed by atoms with Crippen LogP contribution in [0.3, 0.4) is 0 Å². The van der Waals surface area contributed by atoms with E-state index in [0.29, 0.717) is 22.5 Å². The van der Waals surface area contributed by atoms with Crippen LogP contribution in [-0.2, 0) is 10.5 Å². The van der Waals surface area contributed by atoms with Crippen molar-refractivity contribution in [3.05, 3.63) is 40.4 Å². The van der Waals surface area contributed by atoms with Gasteiger partial charge in [-0.15, -0.1) is 11.8 Å². The van der Waals surface area contributed by atoms with Gasteiger partial charge in [-0.3, -0.25) is 9.59 Å². The van der Waals surface area contributed by atoms with Gasteiger partial charge >= 0.3 is 0 Å². The SMILES string of the molecule is CCC(C)[C@@H](CO)NC(=O)CSCc1nc2ccccc2c(=O)[nH]1. The summed E-state index contributed by atoms with van der Waals surface area (Å²) in [6.45, 7) is 3.96. The molecule has 1 amide bonds. The summed E-state index contributed by atoms with van der Waals surface area (Å²) < 4.78 is 0. The van der Waals surface area contributed by atoms with Crippen LogP contribution in [-0.4, -0.2) is 39.4 Å². The molecule has 0 saturated heterocycles. The molecule has 6 nitrogen and oxygen atoms in total. The van der Waals surface area contributed by atoms with Crippen LogP contribution in [0.25, 0.3) is 10.9 Å². The highest BCUT2D eigenvalue weighted by Crippen LogP contribution is 2.12. The first-order valence-corrected chi connectivity index (χ1v) is 9.16. The fourth-order valence-corrected chi connectivity index (χ4v) is 3.05. The lowest BCUT2D eigenvalue weighted by atomic mass is 10.00. The Hall–Kier alpha value is -1.86. The van der Waals surface area contributed by atoms with Gasteiger partial charge in [0, 0.05) is 0 Å². The Labute approximate surface area is 145 Å². The molecule has 2 rings (SSSR count). The van der Waals surface area contributed by atoms with Crippen molar-refractivity contribution in [2.75, 3.05) is 12.4 Å². The van der Waals surface area contributed by atoms with E-state index in [9.17, 15) is 14.7 Å². The van der Waals surface area contributed by atoms with Gasteiger partial charge in [-0.1, -0.05) is 32.4 Å². The Morgan fingerprint density at radius 1 is 1.42 bits per heavy atom. The minimum atomic E-state index is -0.221. The normalized spacial score (nSPS) is 13.6. The molecule has 3 N–H and O–H groups in total. The number of nitrogens with one attached hydrogen (secondary N) is 2. The number of carbonyl (C=O) groups excluding carboxylic acids is 1. The van der Waals surface area contributed by atoms with E-state index in [0.717, 1.165) is 6.42 Å². The van der Waals surface area contributed by atoms with Gasteiger partial charge < -0.3 is 15.4 Å². The highest BCUT2D eigenvalue weighted by Gasteiger charge is 2.17. The van der Waals surface area contributed by atoms with Gasteiger partial charge in [0.25, 0.3) is 5.56 Å². The van der Waals surface area contributed by atoms with E-state index in [1.54, 1.807) is 18.2 Å². The number of hydrogen-bond donors (Lipinski definition) is 3. The van der Waals surface area contributed by atoms with Crippen molar-refractivity contribution in [1.82, 2.24) is 15.3 Å². The highest BCUT2D eigenvalue weighted by atomic mass is 32.2. The smallest absolute Gasteiger partial charge is 0.258 e. The Balaban J connectivity index is 1.90. The van der Waals surface area contributed by atoms with Crippen LogP contribution < -0.4 is 10.9 Å². The zero-order valence-electron chi connectivity index (χ0n) is 13.9. The zero-order chi connectivity index (χ0) is 17.5. The lowest BCUT2D eigenvalue weighted by Crippen LogP contribution is -2.42. The van der Waals surface area contributed by atoms with Crippen molar-refractivity contribution in [1.29, 1.82) is 0 Å². The molecular formula is C17H23N3O3S. The van der Waals surface area contributed by atoms with Crippen molar-refractivity contribution < 1.29 is 9.90 Å². The monoisotopic (exact) mass is 349 g/mol. The zero-order valence-corrected chi connectivity index (χ0v) is 14.7. The first-order chi connectivity index (χ1) is 11.5. The molecule has 1 aromatic heterocycles. The molecule has 2 atom stereocenters. The van der Waals surface area contributed by atoms with E-state index >= 15 is 0 Å². The molecule has 24 heavy (non-hydrogen) atoms. The average Bonchev–Trinajstić information content (AvgIpc) is 2.59. The van der Waals surface area contributed by atoms with Gasteiger partial charge in [0.1, 0.15) is 5.82 Å². The number of aromatic amines is 1. The van der Waals surface area contributed by atoms with E-state index in [-0.39, 0.29) is 35.8 Å². The van der Waals surface area contributed by atoms with Gasteiger partial charge in [0.05, 0.1) is 35.1 Å². The fraction of sp³-hybridized carbons (Fsp3) is 0.471. The quantitative estimate of drug-likeness (QED) is 0.674. The van der Waals surface area contributed by atoms with Crippen molar-refractivity contribution in [3.63, 3.8) is 0 Å². The van der Waals surface area contributed by atoms with Crippen LogP contribution in [0.1, 0.15) is 26.1 Å². The van der Waals surface area contributed by atoms with Crippen molar-refractivity contribution >= 4 is 28.6 Å². The third kappa shape index (κ3) is 4.82. The van der Waals surface area contributed by atoms with E-state index in [2.05, 4.69) is 15.3 Å². The van der Waals surface area contributed by atoms with Crippen LogP contribution in [0.15, 0.2) is 29.1 Å². The largest absolute Gasteiger partial charge is 0.394 e. The van der Waals surface area contributed by atoms with Gasteiger partial charge in [-0.05, 0) is 18.1 Å². The van der Waals surface area contributed by atoms with Crippen molar-refractivity contribution in [2.24, 2.45) is 5.92 Å². The molecule has 1 aromatic carbocycles. The molecule has 0 saturated carbocycles. The predicted molar refractivity (Wildman–Crippen MR) is 97.0 cm³/mol. The number of aliphatic hydroxyl groups excluding tert-OH is 1. The number of hydrogen-bond acceptors (Lipinski definition) is 5. The first-order valence-electron chi connectivity index (χ1n) is 8.01. The molecule has 1 heterocycles. The third-order valence-electron chi connectivity index (χ3n) is 4.01. The van der Waals surface area contributed by atoms with Gasteiger partial charge in [0.15, 0.2) is 0 Å². The Morgan fingerprint density at radius 3 is 2.88 bits per heavy atom. The summed E-state index contributed by atoms with van der Waals surface area (Å²) in [6.07, 6.45) is 0.890. The first kappa shape index (κ1) is 18.5. The Kier molecular flexibility index (Phi) is 6.81. The molecule has 0 aliphatic rings. The van der Waals surface area contributed by atoms with Crippen LogP contribution in [0.2, 0.25) is 0 Å². The van der Waals surface area contributed by atoms with E-state index in [1.807, 2.05) is 19.9 Å². The van der Waals surface area contributed by atoms with Gasteiger partial charge in [-0.2, -0.15) is 0 Å². The van der Waals surface area contributed by atoms with E-state index in [1.165, 1.54) is 11.8 Å². The minimum Gasteiger partial charge on any atom is -0.394 e. The van der Waals surface area contributed by atoms with Crippen molar-refractivity contribution in [3.8, 4) is 0 Å². The molecule has 0 spiro atoms. The number of thioether (sulfide) groups is 1. The number of H-pyrrole nitrogens is 1. The summed E-state index contributed by atoms with van der Waals surface area (Å²) in [6, 6.07) is 6.94. The summed E-state index contributed by atoms with van der Waals surface area (Å²) in [7, 11) is 0. The second-order valence-electron chi connectivity index (χ2n) is 5.76. The molecule has 0 radical (unpaired) electrons. The molecular weight excluding hydrogens is 326 g/mol. The maximum Gasteiger partial charge on any atom is 0.258 e. The van der Waals surface area contributed by atoms with Crippen LogP contribution >= 0.6 is 11.8 Å². The summed E-state index contributed by atoms with van der Waals surface area (Å²) in [4.78, 5) is 31.1. The molecule has 2 aromatic rings. The molecule has 0 bridgehead atoms. The topological polar surface area (TPSA) is 95.1 Å². The number of carbonyl (C=O) groups is 1. The Bertz CT molecular complexity index is 747. The van der Waals surface area contributed by atoms with Crippen LogP contribution in [0.4, 0.5) is 0 Å². The lowest BCUT2D eigenvalue weighted by molar-refractivity contribution is -0.119. The Morgan fingerprint density at radius 2 is 2.17 bits per heavy atom. The standard InChI is InChI=1S/C17H23N3O3S/c1-3-11(2)14(8-21)19-16(22)10-24-9-15-18-13-7-5-4-6-12(13)17(23)20-15/h4-7,11,14,21H,3,8-10H2,1-2H3,(H,19,22)(H,18,20,23)/t11?,14-/m1/s1. The third-order valence-corrected chi connectivity index (χ3v) is 4.95. The molecule has 130 valence electrons. The number of nitrogens with zero attached hydrogens (tertiary/aromatic N) is 1. The minimum absolute atomic E-state index is 0.0645. The van der Waals surface area contributed by atoms with Crippen LogP contribution in [0, 0.1) is 5.92 Å². The summed E-state index contributed by atoms with van der Waals surface area (Å²) in [5, 5.41) is 12.7. The van der Waals surface area contributed by atoms with E-state index in [4.69, 9.17) is 0 Å². The second kappa shape index (κ2) is 8.84. The summed E-state index contributed by atoms with van der Waals surface area (Å²) in [5.74, 6) is 1.35. The molecule has 7 heteroatoms. The highest BCUT2D eigenvalue weighted by molar-refractivity contribution is 7.99. The fourth-order valence-electron chi connectivity index (χ4n) is 2.34. The summed E-state index contributed by atoms with van der Waals surface area (Å²) >= 11 is 1.38. The number of fused-ring (bicyclic) bond motifs is 1. The average molecular weight is 349 g/mol. The number of aromatic nitrogens is 2. The number of rotatable bonds is 8. The van der Waals surface area contributed by atoms with E-state index < -0.39 is 0 Å². The number of benzene rings is 1. The molecule has 0 aliphatic carbocycles. The maximum absolute atomic E-state index is 12.0. The molecule has 0 aliphatic heterocycles. The predicted octanol–water partition coefficient (Wildman–Crippen LogP) is 1.68.